The molecule has 3 heteroatoms. The third kappa shape index (κ3) is 4.38. The Morgan fingerprint density at radius 3 is 3.00 bits per heavy atom. The van der Waals surface area contributed by atoms with Crippen molar-refractivity contribution < 1.29 is 0 Å². The van der Waals surface area contributed by atoms with Crippen LogP contribution in [-0.4, -0.2) is 30.1 Å². The van der Waals surface area contributed by atoms with Crippen LogP contribution >= 0.6 is 11.3 Å². The fraction of sp³-hybridized carbons (Fsp3) is 0.733. The van der Waals surface area contributed by atoms with Crippen LogP contribution in [0, 0.1) is 0 Å². The molecule has 1 N–H and O–H groups in total. The van der Waals surface area contributed by atoms with E-state index >= 15 is 0 Å². The molecule has 0 aromatic carbocycles. The SMILES string of the molecule is CC(C)N(CCCC1CCCN1)Cc1cccs1. The van der Waals surface area contributed by atoms with E-state index in [2.05, 4.69) is 41.6 Å². The summed E-state index contributed by atoms with van der Waals surface area (Å²) in [6, 6.07) is 5.84. The third-order valence-corrected chi connectivity index (χ3v) is 4.69. The minimum Gasteiger partial charge on any atom is -0.314 e. The van der Waals surface area contributed by atoms with Crippen LogP contribution in [0.15, 0.2) is 17.5 Å². The zero-order valence-electron chi connectivity index (χ0n) is 11.7. The molecule has 18 heavy (non-hydrogen) atoms. The van der Waals surface area contributed by atoms with Gasteiger partial charge in [0.2, 0.25) is 0 Å². The largest absolute Gasteiger partial charge is 0.314 e. The van der Waals surface area contributed by atoms with Crippen LogP contribution in [0.5, 0.6) is 0 Å². The molecule has 1 atom stereocenters. The molecule has 0 bridgehead atoms. The number of nitrogens with one attached hydrogen (secondary N) is 1. The molecule has 1 unspecified atom stereocenters. The Morgan fingerprint density at radius 2 is 2.39 bits per heavy atom. The maximum Gasteiger partial charge on any atom is 0.0330 e. The monoisotopic (exact) mass is 266 g/mol. The van der Waals surface area contributed by atoms with E-state index < -0.39 is 0 Å². The van der Waals surface area contributed by atoms with Crippen molar-refractivity contribution in [2.45, 2.75) is 58.2 Å². The number of hydrogen-bond acceptors (Lipinski definition) is 3. The van der Waals surface area contributed by atoms with Crippen LogP contribution in [-0.2, 0) is 6.54 Å². The van der Waals surface area contributed by atoms with Gasteiger partial charge in [-0.05, 0) is 64.1 Å². The maximum absolute atomic E-state index is 3.59. The van der Waals surface area contributed by atoms with Crippen molar-refractivity contribution in [3.05, 3.63) is 22.4 Å². The van der Waals surface area contributed by atoms with Gasteiger partial charge in [0, 0.05) is 23.5 Å². The highest BCUT2D eigenvalue weighted by molar-refractivity contribution is 7.09. The minimum absolute atomic E-state index is 0.642. The van der Waals surface area contributed by atoms with Gasteiger partial charge in [0.1, 0.15) is 0 Å². The summed E-state index contributed by atoms with van der Waals surface area (Å²) in [6.45, 7) is 8.19. The third-order valence-electron chi connectivity index (χ3n) is 3.83. The lowest BCUT2D eigenvalue weighted by atomic mass is 10.1. The van der Waals surface area contributed by atoms with Gasteiger partial charge in [-0.1, -0.05) is 6.07 Å². The van der Waals surface area contributed by atoms with E-state index in [1.807, 2.05) is 11.3 Å². The molecule has 2 heterocycles. The van der Waals surface area contributed by atoms with E-state index in [4.69, 9.17) is 0 Å². The highest BCUT2D eigenvalue weighted by Crippen LogP contribution is 2.16. The summed E-state index contributed by atoms with van der Waals surface area (Å²) in [5.74, 6) is 0. The van der Waals surface area contributed by atoms with Crippen molar-refractivity contribution in [1.82, 2.24) is 10.2 Å². The second kappa shape index (κ2) is 7.27. The second-order valence-corrected chi connectivity index (χ2v) is 6.61. The van der Waals surface area contributed by atoms with E-state index in [0.29, 0.717) is 6.04 Å². The molecule has 102 valence electrons. The first-order valence-electron chi connectivity index (χ1n) is 7.25. The van der Waals surface area contributed by atoms with E-state index in [9.17, 15) is 0 Å². The zero-order chi connectivity index (χ0) is 12.8. The van der Waals surface area contributed by atoms with Gasteiger partial charge in [-0.25, -0.2) is 0 Å². The van der Waals surface area contributed by atoms with Gasteiger partial charge in [0.15, 0.2) is 0 Å². The highest BCUT2D eigenvalue weighted by atomic mass is 32.1. The van der Waals surface area contributed by atoms with Crippen LogP contribution in [0.4, 0.5) is 0 Å². The van der Waals surface area contributed by atoms with Gasteiger partial charge < -0.3 is 5.32 Å². The molecule has 0 amide bonds. The van der Waals surface area contributed by atoms with Crippen LogP contribution in [0.25, 0.3) is 0 Å². The van der Waals surface area contributed by atoms with Crippen molar-refractivity contribution in [1.29, 1.82) is 0 Å². The van der Waals surface area contributed by atoms with Gasteiger partial charge in [-0.15, -0.1) is 11.3 Å². The predicted octanol–water partition coefficient (Wildman–Crippen LogP) is 3.49. The van der Waals surface area contributed by atoms with Gasteiger partial charge >= 0.3 is 0 Å². The topological polar surface area (TPSA) is 15.3 Å². The van der Waals surface area contributed by atoms with Crippen LogP contribution < -0.4 is 5.32 Å². The smallest absolute Gasteiger partial charge is 0.0330 e. The number of nitrogens with zero attached hydrogens (tertiary/aromatic N) is 1. The summed E-state index contributed by atoms with van der Waals surface area (Å²) in [5.41, 5.74) is 0. The Hall–Kier alpha value is -0.380. The van der Waals surface area contributed by atoms with Gasteiger partial charge in [0.05, 0.1) is 0 Å². The zero-order valence-corrected chi connectivity index (χ0v) is 12.5. The maximum atomic E-state index is 3.59. The van der Waals surface area contributed by atoms with Crippen molar-refractivity contribution >= 4 is 11.3 Å². The molecule has 1 aliphatic rings. The summed E-state index contributed by atoms with van der Waals surface area (Å²) in [6.07, 6.45) is 5.41. The molecule has 1 saturated heterocycles. The first-order chi connectivity index (χ1) is 8.75. The Balaban J connectivity index is 1.72. The summed E-state index contributed by atoms with van der Waals surface area (Å²) >= 11 is 1.87. The first kappa shape index (κ1) is 14.0. The lowest BCUT2D eigenvalue weighted by Gasteiger charge is -2.26. The highest BCUT2D eigenvalue weighted by Gasteiger charge is 2.15. The first-order valence-corrected chi connectivity index (χ1v) is 8.13. The van der Waals surface area contributed by atoms with Crippen LogP contribution in [0.1, 0.15) is 44.4 Å². The van der Waals surface area contributed by atoms with Crippen molar-refractivity contribution in [2.24, 2.45) is 0 Å². The predicted molar refractivity (Wildman–Crippen MR) is 80.1 cm³/mol. The Kier molecular flexibility index (Phi) is 5.67. The molecule has 0 saturated carbocycles. The Morgan fingerprint density at radius 1 is 1.50 bits per heavy atom. The van der Waals surface area contributed by atoms with Crippen LogP contribution in [0.3, 0.4) is 0 Å². The summed E-state index contributed by atoms with van der Waals surface area (Å²) in [5, 5.41) is 5.77. The summed E-state index contributed by atoms with van der Waals surface area (Å²) < 4.78 is 0. The molecule has 1 aliphatic heterocycles. The van der Waals surface area contributed by atoms with E-state index in [1.54, 1.807) is 0 Å². The molecule has 2 nitrogen and oxygen atoms in total. The molecular weight excluding hydrogens is 240 g/mol. The molecule has 0 spiro atoms. The number of hydrogen-bond donors (Lipinski definition) is 1. The Labute approximate surface area is 115 Å². The Bertz CT molecular complexity index is 315. The van der Waals surface area contributed by atoms with E-state index in [1.165, 1.54) is 43.6 Å². The van der Waals surface area contributed by atoms with Gasteiger partial charge in [-0.2, -0.15) is 0 Å². The minimum atomic E-state index is 0.642. The van der Waals surface area contributed by atoms with E-state index in [-0.39, 0.29) is 0 Å². The lowest BCUT2D eigenvalue weighted by Crippen LogP contribution is -2.32. The number of rotatable bonds is 7. The average Bonchev–Trinajstić information content (AvgIpc) is 2.99. The quantitative estimate of drug-likeness (QED) is 0.812. The molecule has 1 fully saturated rings. The standard InChI is InChI=1S/C15H26N2S/c1-13(2)17(12-15-8-5-11-18-15)10-4-7-14-6-3-9-16-14/h5,8,11,13-14,16H,3-4,6-7,9-10,12H2,1-2H3. The molecule has 0 radical (unpaired) electrons. The summed E-state index contributed by atoms with van der Waals surface area (Å²) in [7, 11) is 0. The molecule has 2 rings (SSSR count). The fourth-order valence-corrected chi connectivity index (χ4v) is 3.40. The second-order valence-electron chi connectivity index (χ2n) is 5.58. The molecular formula is C15H26N2S. The average molecular weight is 266 g/mol. The normalized spacial score (nSPS) is 20.1. The summed E-state index contributed by atoms with van der Waals surface area (Å²) in [4.78, 5) is 4.09. The van der Waals surface area contributed by atoms with Gasteiger partial charge in [0.25, 0.3) is 0 Å². The van der Waals surface area contributed by atoms with Crippen molar-refractivity contribution in [2.75, 3.05) is 13.1 Å². The molecule has 1 aromatic heterocycles. The van der Waals surface area contributed by atoms with E-state index in [0.717, 1.165) is 12.6 Å². The number of thiophene rings is 1. The fourth-order valence-electron chi connectivity index (χ4n) is 2.67. The van der Waals surface area contributed by atoms with Crippen molar-refractivity contribution in [3.63, 3.8) is 0 Å². The molecule has 1 aromatic rings. The molecule has 0 aliphatic carbocycles. The van der Waals surface area contributed by atoms with Gasteiger partial charge in [-0.3, -0.25) is 4.90 Å². The van der Waals surface area contributed by atoms with Crippen molar-refractivity contribution in [3.8, 4) is 0 Å². The lowest BCUT2D eigenvalue weighted by molar-refractivity contribution is 0.208. The van der Waals surface area contributed by atoms with Crippen LogP contribution in [0.2, 0.25) is 0 Å².